The van der Waals surface area contributed by atoms with E-state index < -0.39 is 9.84 Å². The number of rotatable bonds is 8. The number of hydrogen-bond acceptors (Lipinski definition) is 6. The van der Waals surface area contributed by atoms with Gasteiger partial charge >= 0.3 is 0 Å². The number of aromatic nitrogens is 3. The molecule has 1 amide bonds. The molecule has 9 heteroatoms. The molecule has 0 spiro atoms. The fraction of sp³-hybridized carbons (Fsp3) is 0.318. The summed E-state index contributed by atoms with van der Waals surface area (Å²) in [5, 5.41) is 11.3. The number of anilines is 1. The molecule has 164 valence electrons. The fourth-order valence-electron chi connectivity index (χ4n) is 2.95. The minimum atomic E-state index is -3.55. The maximum absolute atomic E-state index is 12.8. The van der Waals surface area contributed by atoms with Crippen molar-refractivity contribution in [2.75, 3.05) is 5.32 Å². The molecular formula is C22H26N4O3S2. The molecule has 0 aliphatic heterocycles. The van der Waals surface area contributed by atoms with Crippen molar-refractivity contribution in [2.24, 2.45) is 7.05 Å². The van der Waals surface area contributed by atoms with Crippen molar-refractivity contribution in [2.45, 2.75) is 48.2 Å². The van der Waals surface area contributed by atoms with Crippen LogP contribution < -0.4 is 5.32 Å². The number of carbonyl (C=O) groups is 1. The Balaban J connectivity index is 1.73. The number of benzene rings is 2. The van der Waals surface area contributed by atoms with E-state index in [1.165, 1.54) is 11.8 Å². The molecule has 7 nitrogen and oxygen atoms in total. The van der Waals surface area contributed by atoms with E-state index in [0.717, 1.165) is 16.8 Å². The van der Waals surface area contributed by atoms with Gasteiger partial charge in [-0.15, -0.1) is 10.2 Å². The first-order valence-corrected chi connectivity index (χ1v) is 12.4. The Labute approximate surface area is 187 Å². The molecule has 31 heavy (non-hydrogen) atoms. The molecule has 2 aromatic carbocycles. The van der Waals surface area contributed by atoms with Crippen molar-refractivity contribution in [1.29, 1.82) is 0 Å². The summed E-state index contributed by atoms with van der Waals surface area (Å²) in [4.78, 5) is 13.0. The minimum absolute atomic E-state index is 0.126. The van der Waals surface area contributed by atoms with Crippen LogP contribution in [0.2, 0.25) is 0 Å². The number of nitrogens with one attached hydrogen (secondary N) is 1. The van der Waals surface area contributed by atoms with Crippen LogP contribution in [0.4, 0.5) is 5.69 Å². The molecule has 0 aliphatic carbocycles. The van der Waals surface area contributed by atoms with Crippen molar-refractivity contribution >= 4 is 33.2 Å². The molecule has 0 bridgehead atoms. The summed E-state index contributed by atoms with van der Waals surface area (Å²) in [5.74, 6) is -0.0531. The normalized spacial score (nSPS) is 12.5. The predicted molar refractivity (Wildman–Crippen MR) is 123 cm³/mol. The van der Waals surface area contributed by atoms with Gasteiger partial charge in [0, 0.05) is 12.7 Å². The molecule has 0 radical (unpaired) electrons. The molecule has 0 fully saturated rings. The van der Waals surface area contributed by atoms with E-state index in [-0.39, 0.29) is 21.8 Å². The largest absolute Gasteiger partial charge is 0.325 e. The van der Waals surface area contributed by atoms with Crippen LogP contribution >= 0.6 is 11.8 Å². The Bertz CT molecular complexity index is 1170. The molecule has 0 aliphatic rings. The number of sulfone groups is 1. The maximum Gasteiger partial charge on any atom is 0.237 e. The smallest absolute Gasteiger partial charge is 0.237 e. The lowest BCUT2D eigenvalue weighted by molar-refractivity contribution is -0.115. The number of carbonyl (C=O) groups excluding carboxylic acids is 1. The first kappa shape index (κ1) is 23.0. The van der Waals surface area contributed by atoms with Gasteiger partial charge in [-0.2, -0.15) is 0 Å². The Morgan fingerprint density at radius 1 is 1.10 bits per heavy atom. The third kappa shape index (κ3) is 5.54. The van der Waals surface area contributed by atoms with Crippen LogP contribution in [-0.2, 0) is 27.4 Å². The second kappa shape index (κ2) is 9.65. The van der Waals surface area contributed by atoms with Gasteiger partial charge in [0.05, 0.1) is 10.1 Å². The Morgan fingerprint density at radius 2 is 1.77 bits per heavy atom. The second-order valence-electron chi connectivity index (χ2n) is 7.35. The summed E-state index contributed by atoms with van der Waals surface area (Å²) in [6.45, 7) is 5.77. The highest BCUT2D eigenvalue weighted by Crippen LogP contribution is 2.27. The fourth-order valence-corrected chi connectivity index (χ4v) is 5.20. The molecule has 0 saturated heterocycles. The average Bonchev–Trinajstić information content (AvgIpc) is 3.06. The molecular weight excluding hydrogens is 432 g/mol. The van der Waals surface area contributed by atoms with Gasteiger partial charge in [-0.1, -0.05) is 54.6 Å². The van der Waals surface area contributed by atoms with Crippen molar-refractivity contribution in [1.82, 2.24) is 14.8 Å². The lowest BCUT2D eigenvalue weighted by Crippen LogP contribution is -2.25. The van der Waals surface area contributed by atoms with Gasteiger partial charge in [0.15, 0.2) is 15.0 Å². The van der Waals surface area contributed by atoms with E-state index in [0.29, 0.717) is 17.4 Å². The molecule has 1 atom stereocenters. The van der Waals surface area contributed by atoms with Crippen LogP contribution in [0.5, 0.6) is 0 Å². The number of hydrogen-bond donors (Lipinski definition) is 1. The average molecular weight is 459 g/mol. The summed E-state index contributed by atoms with van der Waals surface area (Å²) >= 11 is 1.28. The van der Waals surface area contributed by atoms with Crippen LogP contribution in [0.15, 0.2) is 58.6 Å². The van der Waals surface area contributed by atoms with Crippen LogP contribution in [0, 0.1) is 13.8 Å². The predicted octanol–water partition coefficient (Wildman–Crippen LogP) is 3.92. The van der Waals surface area contributed by atoms with Crippen molar-refractivity contribution in [3.05, 3.63) is 65.5 Å². The molecule has 3 aromatic rings. The zero-order chi connectivity index (χ0) is 22.6. The maximum atomic E-state index is 12.8. The molecule has 3 rings (SSSR count). The number of amides is 1. The van der Waals surface area contributed by atoms with Gasteiger partial charge in [0.2, 0.25) is 5.91 Å². The van der Waals surface area contributed by atoms with E-state index >= 15 is 0 Å². The van der Waals surface area contributed by atoms with Crippen LogP contribution in [0.1, 0.15) is 30.3 Å². The Kier molecular flexibility index (Phi) is 7.17. The van der Waals surface area contributed by atoms with E-state index in [1.807, 2.05) is 45.0 Å². The van der Waals surface area contributed by atoms with E-state index in [4.69, 9.17) is 0 Å². The molecule has 1 aromatic heterocycles. The van der Waals surface area contributed by atoms with Crippen LogP contribution in [0.25, 0.3) is 0 Å². The Hall–Kier alpha value is -2.65. The SMILES string of the molecule is CCC(Sc1nnc(CS(=O)(=O)c2ccc(C)cc2)n1C)C(=O)Nc1ccccc1C. The highest BCUT2D eigenvalue weighted by atomic mass is 32.2. The monoisotopic (exact) mass is 458 g/mol. The van der Waals surface area contributed by atoms with Crippen LogP contribution in [-0.4, -0.2) is 34.3 Å². The van der Waals surface area contributed by atoms with Gasteiger partial charge in [-0.05, 0) is 44.0 Å². The number of thioether (sulfide) groups is 1. The molecule has 0 saturated carbocycles. The third-order valence-corrected chi connectivity index (χ3v) is 7.97. The quantitative estimate of drug-likeness (QED) is 0.514. The molecule has 1 N–H and O–H groups in total. The lowest BCUT2D eigenvalue weighted by Gasteiger charge is -2.15. The van der Waals surface area contributed by atoms with Crippen LogP contribution in [0.3, 0.4) is 0 Å². The second-order valence-corrected chi connectivity index (χ2v) is 10.5. The summed E-state index contributed by atoms with van der Waals surface area (Å²) in [5.41, 5.74) is 2.75. The molecule has 1 unspecified atom stereocenters. The van der Waals surface area contributed by atoms with E-state index in [2.05, 4.69) is 15.5 Å². The first-order chi connectivity index (χ1) is 14.7. The van der Waals surface area contributed by atoms with Crippen molar-refractivity contribution < 1.29 is 13.2 Å². The van der Waals surface area contributed by atoms with Gasteiger partial charge in [-0.3, -0.25) is 4.79 Å². The summed E-state index contributed by atoms with van der Waals surface area (Å²) in [6, 6.07) is 14.3. The van der Waals surface area contributed by atoms with Crippen molar-refractivity contribution in [3.8, 4) is 0 Å². The topological polar surface area (TPSA) is 93.9 Å². The zero-order valence-electron chi connectivity index (χ0n) is 18.0. The lowest BCUT2D eigenvalue weighted by atomic mass is 10.2. The first-order valence-electron chi connectivity index (χ1n) is 9.92. The molecule has 1 heterocycles. The standard InChI is InChI=1S/C22H26N4O3S2/c1-5-19(21(27)23-18-9-7-6-8-16(18)3)30-22-25-24-20(26(22)4)14-31(28,29)17-12-10-15(2)11-13-17/h6-13,19H,5,14H2,1-4H3,(H,23,27). The number of nitrogens with zero attached hydrogens (tertiary/aromatic N) is 3. The third-order valence-electron chi connectivity index (χ3n) is 4.94. The van der Waals surface area contributed by atoms with Gasteiger partial charge in [-0.25, -0.2) is 8.42 Å². The summed E-state index contributed by atoms with van der Waals surface area (Å²) < 4.78 is 27.1. The Morgan fingerprint density at radius 3 is 2.42 bits per heavy atom. The van der Waals surface area contributed by atoms with Gasteiger partial charge < -0.3 is 9.88 Å². The highest BCUT2D eigenvalue weighted by Gasteiger charge is 2.24. The summed E-state index contributed by atoms with van der Waals surface area (Å²) in [6.07, 6.45) is 0.590. The van der Waals surface area contributed by atoms with E-state index in [1.54, 1.807) is 35.9 Å². The number of aryl methyl sites for hydroxylation is 2. The summed E-state index contributed by atoms with van der Waals surface area (Å²) in [7, 11) is -1.83. The van der Waals surface area contributed by atoms with Crippen molar-refractivity contribution in [3.63, 3.8) is 0 Å². The van der Waals surface area contributed by atoms with Gasteiger partial charge in [0.25, 0.3) is 0 Å². The number of para-hydroxylation sites is 1. The van der Waals surface area contributed by atoms with E-state index in [9.17, 15) is 13.2 Å². The zero-order valence-corrected chi connectivity index (χ0v) is 19.6. The van der Waals surface area contributed by atoms with Gasteiger partial charge in [0.1, 0.15) is 11.6 Å². The highest BCUT2D eigenvalue weighted by molar-refractivity contribution is 8.00. The minimum Gasteiger partial charge on any atom is -0.325 e.